The predicted molar refractivity (Wildman–Crippen MR) is 89.8 cm³/mol. The molecule has 2 aromatic carbocycles. The molecule has 1 aliphatic carbocycles. The molecule has 1 fully saturated rings. The van der Waals surface area contributed by atoms with Crippen LogP contribution in [-0.4, -0.2) is 17.8 Å². The summed E-state index contributed by atoms with van der Waals surface area (Å²) in [6, 6.07) is 22.0. The molecular weight excluding hydrogens is 276 g/mol. The molecule has 0 aromatic heterocycles. The van der Waals surface area contributed by atoms with Gasteiger partial charge < -0.3 is 5.32 Å². The largest absolute Gasteiger partial charge is 0.362 e. The molecule has 0 amide bonds. The molecular formula is C18H18N2S. The lowest BCUT2D eigenvalue weighted by molar-refractivity contribution is 0.871. The third-order valence-electron chi connectivity index (χ3n) is 4.15. The number of nitrogens with one attached hydrogen (secondary N) is 1. The fourth-order valence-electron chi connectivity index (χ4n) is 2.88. The SMILES string of the molecule is c1ccc(C2CN=C(NC3CC3c3ccccc3)S2)cc1. The van der Waals surface area contributed by atoms with Gasteiger partial charge in [0.1, 0.15) is 0 Å². The molecule has 0 spiro atoms. The molecule has 21 heavy (non-hydrogen) atoms. The van der Waals surface area contributed by atoms with E-state index in [0.29, 0.717) is 17.2 Å². The maximum atomic E-state index is 4.67. The van der Waals surface area contributed by atoms with Gasteiger partial charge in [-0.05, 0) is 17.5 Å². The van der Waals surface area contributed by atoms with Gasteiger partial charge in [-0.15, -0.1) is 0 Å². The summed E-state index contributed by atoms with van der Waals surface area (Å²) in [5.41, 5.74) is 2.82. The monoisotopic (exact) mass is 294 g/mol. The summed E-state index contributed by atoms with van der Waals surface area (Å²) in [6.45, 7) is 0.889. The quantitative estimate of drug-likeness (QED) is 0.926. The number of amidine groups is 1. The first-order valence-electron chi connectivity index (χ1n) is 7.48. The van der Waals surface area contributed by atoms with Crippen molar-refractivity contribution in [2.24, 2.45) is 4.99 Å². The average molecular weight is 294 g/mol. The van der Waals surface area contributed by atoms with E-state index in [1.54, 1.807) is 0 Å². The lowest BCUT2D eigenvalue weighted by Gasteiger charge is -2.09. The van der Waals surface area contributed by atoms with Crippen LogP contribution < -0.4 is 5.32 Å². The third kappa shape index (κ3) is 2.84. The van der Waals surface area contributed by atoms with E-state index in [-0.39, 0.29) is 0 Å². The Labute approximate surface area is 129 Å². The number of nitrogens with zero attached hydrogens (tertiary/aromatic N) is 1. The molecule has 2 nitrogen and oxygen atoms in total. The molecule has 4 rings (SSSR count). The third-order valence-corrected chi connectivity index (χ3v) is 5.33. The van der Waals surface area contributed by atoms with E-state index in [2.05, 4.69) is 71.0 Å². The van der Waals surface area contributed by atoms with E-state index in [0.717, 1.165) is 11.7 Å². The Morgan fingerprint density at radius 1 is 0.905 bits per heavy atom. The highest BCUT2D eigenvalue weighted by Crippen LogP contribution is 2.42. The number of benzene rings is 2. The van der Waals surface area contributed by atoms with Gasteiger partial charge in [-0.25, -0.2) is 0 Å². The Balaban J connectivity index is 1.34. The normalized spacial score (nSPS) is 27.2. The number of rotatable bonds is 3. The summed E-state index contributed by atoms with van der Waals surface area (Å²) in [4.78, 5) is 4.67. The summed E-state index contributed by atoms with van der Waals surface area (Å²) in [5, 5.41) is 5.21. The van der Waals surface area contributed by atoms with Gasteiger partial charge in [0.25, 0.3) is 0 Å². The standard InChI is InChI=1S/C18H18N2S/c1-3-7-13(8-4-1)15-11-16(15)20-18-19-12-17(21-18)14-9-5-2-6-10-14/h1-10,15-17H,11-12H2,(H,19,20). The Bertz CT molecular complexity index is 639. The van der Waals surface area contributed by atoms with E-state index in [9.17, 15) is 0 Å². The highest BCUT2D eigenvalue weighted by atomic mass is 32.2. The van der Waals surface area contributed by atoms with Gasteiger partial charge in [0.2, 0.25) is 0 Å². The number of thioether (sulfide) groups is 1. The van der Waals surface area contributed by atoms with Crippen molar-refractivity contribution in [3.05, 3.63) is 71.8 Å². The molecule has 1 heterocycles. The molecule has 106 valence electrons. The number of hydrogen-bond acceptors (Lipinski definition) is 3. The minimum absolute atomic E-state index is 0.475. The Morgan fingerprint density at radius 2 is 1.57 bits per heavy atom. The first kappa shape index (κ1) is 13.0. The smallest absolute Gasteiger partial charge is 0.157 e. The van der Waals surface area contributed by atoms with Crippen molar-refractivity contribution in [3.8, 4) is 0 Å². The zero-order valence-electron chi connectivity index (χ0n) is 11.8. The van der Waals surface area contributed by atoms with Gasteiger partial charge in [-0.2, -0.15) is 0 Å². The summed E-state index contributed by atoms with van der Waals surface area (Å²) < 4.78 is 0. The molecule has 3 heteroatoms. The molecule has 0 bridgehead atoms. The second kappa shape index (κ2) is 5.57. The van der Waals surface area contributed by atoms with Crippen LogP contribution in [0.4, 0.5) is 0 Å². The summed E-state index contributed by atoms with van der Waals surface area (Å²) in [6.07, 6.45) is 1.22. The number of aliphatic imine (C=N–C) groups is 1. The van der Waals surface area contributed by atoms with Crippen molar-refractivity contribution in [2.45, 2.75) is 23.6 Å². The van der Waals surface area contributed by atoms with Gasteiger partial charge in [0.15, 0.2) is 5.17 Å². The second-order valence-electron chi connectivity index (χ2n) is 5.67. The van der Waals surface area contributed by atoms with Crippen molar-refractivity contribution < 1.29 is 0 Å². The van der Waals surface area contributed by atoms with Crippen LogP contribution in [0.5, 0.6) is 0 Å². The Hall–Kier alpha value is -1.74. The molecule has 1 aliphatic heterocycles. The molecule has 2 aliphatic rings. The molecule has 2 aromatic rings. The molecule has 3 atom stereocenters. The lowest BCUT2D eigenvalue weighted by Crippen LogP contribution is -2.22. The van der Waals surface area contributed by atoms with Crippen molar-refractivity contribution >= 4 is 16.9 Å². The Morgan fingerprint density at radius 3 is 2.29 bits per heavy atom. The maximum absolute atomic E-state index is 4.67. The van der Waals surface area contributed by atoms with Crippen LogP contribution in [0.1, 0.15) is 28.7 Å². The summed E-state index contributed by atoms with van der Waals surface area (Å²) >= 11 is 1.87. The Kier molecular flexibility index (Phi) is 3.44. The first-order valence-corrected chi connectivity index (χ1v) is 8.35. The van der Waals surface area contributed by atoms with Crippen LogP contribution in [0, 0.1) is 0 Å². The first-order chi connectivity index (χ1) is 10.4. The van der Waals surface area contributed by atoms with Crippen molar-refractivity contribution in [1.82, 2.24) is 5.32 Å². The molecule has 1 N–H and O–H groups in total. The van der Waals surface area contributed by atoms with Crippen LogP contribution in [0.15, 0.2) is 65.7 Å². The second-order valence-corrected chi connectivity index (χ2v) is 6.86. The molecule has 0 radical (unpaired) electrons. The topological polar surface area (TPSA) is 24.4 Å². The molecule has 1 saturated carbocycles. The van der Waals surface area contributed by atoms with Crippen LogP contribution in [-0.2, 0) is 0 Å². The minimum atomic E-state index is 0.475. The van der Waals surface area contributed by atoms with E-state index < -0.39 is 0 Å². The minimum Gasteiger partial charge on any atom is -0.362 e. The molecule has 0 saturated heterocycles. The zero-order valence-corrected chi connectivity index (χ0v) is 12.6. The van der Waals surface area contributed by atoms with Crippen LogP contribution >= 0.6 is 11.8 Å². The van der Waals surface area contributed by atoms with Crippen LogP contribution in [0.2, 0.25) is 0 Å². The van der Waals surface area contributed by atoms with E-state index in [1.807, 2.05) is 11.8 Å². The summed E-state index contributed by atoms with van der Waals surface area (Å²) in [7, 11) is 0. The van der Waals surface area contributed by atoms with Gasteiger partial charge in [-0.1, -0.05) is 72.4 Å². The van der Waals surface area contributed by atoms with E-state index in [1.165, 1.54) is 17.5 Å². The summed E-state index contributed by atoms with van der Waals surface area (Å²) in [5.74, 6) is 0.658. The van der Waals surface area contributed by atoms with Crippen LogP contribution in [0.3, 0.4) is 0 Å². The average Bonchev–Trinajstić information content (AvgIpc) is 3.15. The number of hydrogen-bond donors (Lipinski definition) is 1. The maximum Gasteiger partial charge on any atom is 0.157 e. The van der Waals surface area contributed by atoms with Crippen molar-refractivity contribution in [3.63, 3.8) is 0 Å². The van der Waals surface area contributed by atoms with Gasteiger partial charge in [-0.3, -0.25) is 4.99 Å². The lowest BCUT2D eigenvalue weighted by atomic mass is 10.1. The van der Waals surface area contributed by atoms with Gasteiger partial charge in [0, 0.05) is 12.0 Å². The highest BCUT2D eigenvalue weighted by Gasteiger charge is 2.39. The predicted octanol–water partition coefficient (Wildman–Crippen LogP) is 3.98. The van der Waals surface area contributed by atoms with E-state index in [4.69, 9.17) is 0 Å². The van der Waals surface area contributed by atoms with Gasteiger partial charge in [0.05, 0.1) is 11.8 Å². The van der Waals surface area contributed by atoms with Crippen molar-refractivity contribution in [2.75, 3.05) is 6.54 Å². The van der Waals surface area contributed by atoms with Crippen molar-refractivity contribution in [1.29, 1.82) is 0 Å². The van der Waals surface area contributed by atoms with Crippen LogP contribution in [0.25, 0.3) is 0 Å². The zero-order chi connectivity index (χ0) is 14.1. The fraction of sp³-hybridized carbons (Fsp3) is 0.278. The van der Waals surface area contributed by atoms with Gasteiger partial charge >= 0.3 is 0 Å². The van der Waals surface area contributed by atoms with E-state index >= 15 is 0 Å². The fourth-order valence-corrected chi connectivity index (χ4v) is 3.96. The highest BCUT2D eigenvalue weighted by molar-refractivity contribution is 8.14. The molecule has 3 unspecified atom stereocenters.